The van der Waals surface area contributed by atoms with Crippen LogP contribution in [0.4, 0.5) is 4.39 Å². The van der Waals surface area contributed by atoms with E-state index >= 15 is 0 Å². The third-order valence-electron chi connectivity index (χ3n) is 2.77. The van der Waals surface area contributed by atoms with E-state index < -0.39 is 6.10 Å². The zero-order valence-electron chi connectivity index (χ0n) is 10.4. The van der Waals surface area contributed by atoms with Crippen molar-refractivity contribution in [3.05, 3.63) is 63.9 Å². The van der Waals surface area contributed by atoms with Gasteiger partial charge < -0.3 is 5.11 Å². The number of hydrogen-bond donors (Lipinski definition) is 1. The molecule has 0 spiro atoms. The fraction of sp³-hybridized carbons (Fsp3) is 0.200. The number of aliphatic hydroxyl groups is 1. The molecular formula is C15H14BrFOS. The lowest BCUT2D eigenvalue weighted by Crippen LogP contribution is -1.91. The fourth-order valence-corrected chi connectivity index (χ4v) is 3.23. The third kappa shape index (κ3) is 3.81. The van der Waals surface area contributed by atoms with Gasteiger partial charge in [-0.2, -0.15) is 0 Å². The van der Waals surface area contributed by atoms with Crippen molar-refractivity contribution in [3.63, 3.8) is 0 Å². The molecule has 0 heterocycles. The predicted molar refractivity (Wildman–Crippen MR) is 80.7 cm³/mol. The molecule has 0 amide bonds. The van der Waals surface area contributed by atoms with E-state index in [-0.39, 0.29) is 5.82 Å². The molecule has 0 saturated heterocycles. The van der Waals surface area contributed by atoms with Crippen molar-refractivity contribution in [1.29, 1.82) is 0 Å². The van der Waals surface area contributed by atoms with E-state index in [1.165, 1.54) is 6.07 Å². The summed E-state index contributed by atoms with van der Waals surface area (Å²) in [5, 5.41) is 9.55. The Morgan fingerprint density at radius 1 is 1.26 bits per heavy atom. The molecule has 19 heavy (non-hydrogen) atoms. The van der Waals surface area contributed by atoms with Gasteiger partial charge in [-0.1, -0.05) is 24.3 Å². The van der Waals surface area contributed by atoms with Crippen LogP contribution in [0.3, 0.4) is 0 Å². The minimum atomic E-state index is -0.471. The van der Waals surface area contributed by atoms with Crippen molar-refractivity contribution >= 4 is 27.7 Å². The van der Waals surface area contributed by atoms with Gasteiger partial charge in [0.25, 0.3) is 0 Å². The third-order valence-corrected chi connectivity index (χ3v) is 4.70. The highest BCUT2D eigenvalue weighted by Gasteiger charge is 2.06. The standard InChI is InChI=1S/C15H14BrFOS/c1-10(18)11-4-2-6-13(8-11)19-9-12-5-3-7-14(17)15(12)16/h2-8,10,18H,9H2,1H3. The molecule has 0 aliphatic rings. The lowest BCUT2D eigenvalue weighted by molar-refractivity contribution is 0.199. The highest BCUT2D eigenvalue weighted by atomic mass is 79.9. The normalized spacial score (nSPS) is 12.4. The molecule has 1 N–H and O–H groups in total. The maximum Gasteiger partial charge on any atom is 0.137 e. The molecule has 100 valence electrons. The number of halogens is 2. The van der Waals surface area contributed by atoms with Crippen LogP contribution in [-0.4, -0.2) is 5.11 Å². The van der Waals surface area contributed by atoms with Crippen molar-refractivity contribution in [3.8, 4) is 0 Å². The monoisotopic (exact) mass is 340 g/mol. The summed E-state index contributed by atoms with van der Waals surface area (Å²) in [6, 6.07) is 12.8. The molecule has 0 saturated carbocycles. The van der Waals surface area contributed by atoms with Gasteiger partial charge in [0, 0.05) is 10.6 Å². The Bertz CT molecular complexity index is 572. The summed E-state index contributed by atoms with van der Waals surface area (Å²) in [5.41, 5.74) is 1.82. The van der Waals surface area contributed by atoms with Gasteiger partial charge in [0.05, 0.1) is 10.6 Å². The van der Waals surface area contributed by atoms with Crippen LogP contribution in [0.5, 0.6) is 0 Å². The summed E-state index contributed by atoms with van der Waals surface area (Å²) < 4.78 is 13.9. The molecular weight excluding hydrogens is 327 g/mol. The largest absolute Gasteiger partial charge is 0.389 e. The summed E-state index contributed by atoms with van der Waals surface area (Å²) in [4.78, 5) is 1.06. The molecule has 4 heteroatoms. The Labute approximate surface area is 125 Å². The Morgan fingerprint density at radius 2 is 2.00 bits per heavy atom. The summed E-state index contributed by atoms with van der Waals surface area (Å²) in [7, 11) is 0. The van der Waals surface area contributed by atoms with Crippen LogP contribution in [-0.2, 0) is 5.75 Å². The van der Waals surface area contributed by atoms with E-state index in [1.54, 1.807) is 24.8 Å². The zero-order chi connectivity index (χ0) is 13.8. The van der Waals surface area contributed by atoms with Crippen molar-refractivity contribution in [2.45, 2.75) is 23.7 Å². The fourth-order valence-electron chi connectivity index (χ4n) is 1.69. The second kappa shape index (κ2) is 6.55. The molecule has 1 nitrogen and oxygen atoms in total. The maximum atomic E-state index is 13.4. The number of rotatable bonds is 4. The SMILES string of the molecule is CC(O)c1cccc(SCc2cccc(F)c2Br)c1. The van der Waals surface area contributed by atoms with Crippen molar-refractivity contribution in [1.82, 2.24) is 0 Å². The molecule has 2 rings (SSSR count). The minimum absolute atomic E-state index is 0.240. The van der Waals surface area contributed by atoms with Gasteiger partial charge in [-0.3, -0.25) is 0 Å². The molecule has 0 radical (unpaired) electrons. The average Bonchev–Trinajstić information content (AvgIpc) is 2.41. The Balaban J connectivity index is 2.10. The lowest BCUT2D eigenvalue weighted by atomic mass is 10.1. The molecule has 0 fully saturated rings. The van der Waals surface area contributed by atoms with Crippen molar-refractivity contribution in [2.75, 3.05) is 0 Å². The van der Waals surface area contributed by atoms with Crippen LogP contribution in [0.2, 0.25) is 0 Å². The van der Waals surface area contributed by atoms with Crippen LogP contribution in [0.1, 0.15) is 24.2 Å². The highest BCUT2D eigenvalue weighted by molar-refractivity contribution is 9.10. The van der Waals surface area contributed by atoms with E-state index in [4.69, 9.17) is 0 Å². The molecule has 1 unspecified atom stereocenters. The second-order valence-electron chi connectivity index (χ2n) is 4.25. The Kier molecular flexibility index (Phi) is 5.02. The maximum absolute atomic E-state index is 13.4. The number of benzene rings is 2. The number of thioether (sulfide) groups is 1. The van der Waals surface area contributed by atoms with E-state index in [2.05, 4.69) is 15.9 Å². The Hall–Kier alpha value is -0.840. The smallest absolute Gasteiger partial charge is 0.137 e. The molecule has 0 aliphatic heterocycles. The summed E-state index contributed by atoms with van der Waals surface area (Å²) >= 11 is 4.88. The minimum Gasteiger partial charge on any atom is -0.389 e. The van der Waals surface area contributed by atoms with E-state index in [9.17, 15) is 9.50 Å². The van der Waals surface area contributed by atoms with Crippen molar-refractivity contribution in [2.24, 2.45) is 0 Å². The van der Waals surface area contributed by atoms with Gasteiger partial charge in [0.1, 0.15) is 5.82 Å². The molecule has 2 aromatic rings. The Morgan fingerprint density at radius 3 is 2.74 bits per heavy atom. The molecule has 0 aromatic heterocycles. The molecule has 0 bridgehead atoms. The lowest BCUT2D eigenvalue weighted by Gasteiger charge is -2.08. The molecule has 0 aliphatic carbocycles. The highest BCUT2D eigenvalue weighted by Crippen LogP contribution is 2.29. The summed E-state index contributed by atoms with van der Waals surface area (Å²) in [6.45, 7) is 1.74. The molecule has 2 aromatic carbocycles. The van der Waals surface area contributed by atoms with Gasteiger partial charge in [0.2, 0.25) is 0 Å². The summed E-state index contributed by atoms with van der Waals surface area (Å²) in [6.07, 6.45) is -0.471. The quantitative estimate of drug-likeness (QED) is 0.796. The number of aliphatic hydroxyl groups excluding tert-OH is 1. The van der Waals surface area contributed by atoms with Crippen LogP contribution in [0.25, 0.3) is 0 Å². The van der Waals surface area contributed by atoms with E-state index in [0.29, 0.717) is 10.2 Å². The first-order valence-electron chi connectivity index (χ1n) is 5.91. The van der Waals surface area contributed by atoms with Crippen LogP contribution in [0, 0.1) is 5.82 Å². The first-order chi connectivity index (χ1) is 9.08. The van der Waals surface area contributed by atoms with Gasteiger partial charge in [-0.05, 0) is 52.2 Å². The second-order valence-corrected chi connectivity index (χ2v) is 6.09. The van der Waals surface area contributed by atoms with E-state index in [0.717, 1.165) is 16.0 Å². The van der Waals surface area contributed by atoms with Gasteiger partial charge in [0.15, 0.2) is 0 Å². The van der Waals surface area contributed by atoms with Gasteiger partial charge in [-0.15, -0.1) is 11.8 Å². The van der Waals surface area contributed by atoms with Crippen molar-refractivity contribution < 1.29 is 9.50 Å². The molecule has 1 atom stereocenters. The van der Waals surface area contributed by atoms with Gasteiger partial charge >= 0.3 is 0 Å². The first kappa shape index (κ1) is 14.6. The zero-order valence-corrected chi connectivity index (χ0v) is 12.8. The van der Waals surface area contributed by atoms with Gasteiger partial charge in [-0.25, -0.2) is 4.39 Å². The predicted octanol–water partition coefficient (Wildman–Crippen LogP) is 4.93. The van der Waals surface area contributed by atoms with Crippen LogP contribution >= 0.6 is 27.7 Å². The number of hydrogen-bond acceptors (Lipinski definition) is 2. The van der Waals surface area contributed by atoms with Crippen LogP contribution < -0.4 is 0 Å². The topological polar surface area (TPSA) is 20.2 Å². The van der Waals surface area contributed by atoms with Crippen LogP contribution in [0.15, 0.2) is 51.8 Å². The first-order valence-corrected chi connectivity index (χ1v) is 7.69. The van der Waals surface area contributed by atoms with E-state index in [1.807, 2.05) is 30.3 Å². The average molecular weight is 341 g/mol. The summed E-state index contributed by atoms with van der Waals surface area (Å²) in [5.74, 6) is 0.442.